The number of aromatic nitrogens is 1. The highest BCUT2D eigenvalue weighted by atomic mass is 35.5. The van der Waals surface area contributed by atoms with Crippen molar-refractivity contribution in [3.05, 3.63) is 88.9 Å². The molecule has 0 saturated carbocycles. The zero-order chi connectivity index (χ0) is 24.9. The van der Waals surface area contributed by atoms with Crippen molar-refractivity contribution in [1.82, 2.24) is 9.88 Å². The number of hydrogen-bond acceptors (Lipinski definition) is 4. The molecule has 3 aromatic carbocycles. The Labute approximate surface area is 210 Å². The number of carbonyl (C=O) groups excluding carboxylic acids is 1. The number of hydrogen-bond donors (Lipinski definition) is 2. The Bertz CT molecular complexity index is 1350. The van der Waals surface area contributed by atoms with E-state index >= 15 is 0 Å². The van der Waals surface area contributed by atoms with Crippen molar-refractivity contribution >= 4 is 45.5 Å². The Morgan fingerprint density at radius 2 is 1.74 bits per heavy atom. The third-order valence-corrected chi connectivity index (χ3v) is 6.12. The van der Waals surface area contributed by atoms with Crippen molar-refractivity contribution in [3.8, 4) is 5.88 Å². The molecule has 0 atom stereocenters. The van der Waals surface area contributed by atoms with Crippen LogP contribution in [0.5, 0.6) is 5.88 Å². The minimum Gasteiger partial charge on any atom is -0.494 e. The minimum absolute atomic E-state index is 0.0306. The molecule has 4 aromatic rings. The van der Waals surface area contributed by atoms with Gasteiger partial charge in [0.05, 0.1) is 29.0 Å². The van der Waals surface area contributed by atoms with E-state index in [1.807, 2.05) is 72.6 Å². The SMILES string of the molecule is CCCN(C)CC(=O)N(C)c1ccc(N=C(c2ccccc2)c2c(O)[nH]c3cc(Cl)ccc23)cc1. The molecule has 0 spiro atoms. The molecule has 6 nitrogen and oxygen atoms in total. The number of aromatic hydroxyl groups is 1. The van der Waals surface area contributed by atoms with E-state index in [9.17, 15) is 9.90 Å². The summed E-state index contributed by atoms with van der Waals surface area (Å²) in [5.74, 6) is 0.0626. The molecular formula is C28H29ClN4O2. The highest BCUT2D eigenvalue weighted by Crippen LogP contribution is 2.33. The molecule has 0 fully saturated rings. The van der Waals surface area contributed by atoms with Crippen LogP contribution in [0, 0.1) is 0 Å². The van der Waals surface area contributed by atoms with Gasteiger partial charge in [0.15, 0.2) is 5.88 Å². The van der Waals surface area contributed by atoms with E-state index in [0.717, 1.165) is 35.1 Å². The first-order valence-electron chi connectivity index (χ1n) is 11.6. The quantitative estimate of drug-likeness (QED) is 0.299. The van der Waals surface area contributed by atoms with Crippen LogP contribution in [0.1, 0.15) is 24.5 Å². The van der Waals surface area contributed by atoms with E-state index in [1.165, 1.54) is 0 Å². The van der Waals surface area contributed by atoms with Crippen LogP contribution in [0.2, 0.25) is 5.02 Å². The predicted octanol–water partition coefficient (Wildman–Crippen LogP) is 6.00. The fraction of sp³-hybridized carbons (Fsp3) is 0.214. The monoisotopic (exact) mass is 488 g/mol. The summed E-state index contributed by atoms with van der Waals surface area (Å²) in [7, 11) is 3.73. The first-order chi connectivity index (χ1) is 16.9. The Morgan fingerprint density at radius 3 is 2.43 bits per heavy atom. The summed E-state index contributed by atoms with van der Waals surface area (Å²) in [6.45, 7) is 3.34. The summed E-state index contributed by atoms with van der Waals surface area (Å²) in [4.78, 5) is 24.2. The maximum absolute atomic E-state index is 12.6. The number of aliphatic imine (C=N–C) groups is 1. The number of rotatable bonds is 8. The lowest BCUT2D eigenvalue weighted by Crippen LogP contribution is -2.36. The molecule has 1 heterocycles. The number of anilines is 1. The first-order valence-corrected chi connectivity index (χ1v) is 11.9. The van der Waals surface area contributed by atoms with Crippen LogP contribution < -0.4 is 4.90 Å². The smallest absolute Gasteiger partial charge is 0.240 e. The van der Waals surface area contributed by atoms with E-state index in [2.05, 4.69) is 11.9 Å². The maximum Gasteiger partial charge on any atom is 0.240 e. The number of fused-ring (bicyclic) bond motifs is 1. The predicted molar refractivity (Wildman–Crippen MR) is 144 cm³/mol. The number of aromatic amines is 1. The minimum atomic E-state index is 0.0306. The number of carbonyl (C=O) groups is 1. The van der Waals surface area contributed by atoms with Crippen molar-refractivity contribution in [2.75, 3.05) is 32.1 Å². The van der Waals surface area contributed by atoms with E-state index < -0.39 is 0 Å². The molecule has 1 aromatic heterocycles. The molecule has 1 amide bonds. The van der Waals surface area contributed by atoms with Crippen molar-refractivity contribution in [2.24, 2.45) is 4.99 Å². The van der Waals surface area contributed by atoms with Crippen molar-refractivity contribution < 1.29 is 9.90 Å². The summed E-state index contributed by atoms with van der Waals surface area (Å²) in [5.41, 5.74) is 4.35. The van der Waals surface area contributed by atoms with Gasteiger partial charge in [-0.3, -0.25) is 9.69 Å². The fourth-order valence-electron chi connectivity index (χ4n) is 4.08. The van der Waals surface area contributed by atoms with Gasteiger partial charge in [0.1, 0.15) is 0 Å². The van der Waals surface area contributed by atoms with Gasteiger partial charge in [-0.05, 0) is 56.4 Å². The van der Waals surface area contributed by atoms with Crippen LogP contribution in [-0.4, -0.2) is 53.8 Å². The molecule has 2 N–H and O–H groups in total. The molecule has 180 valence electrons. The lowest BCUT2D eigenvalue weighted by atomic mass is 10.0. The average Bonchev–Trinajstić information content (AvgIpc) is 3.17. The number of likely N-dealkylation sites (N-methyl/N-ethyl adjacent to an activating group) is 2. The number of H-pyrrole nitrogens is 1. The lowest BCUT2D eigenvalue weighted by molar-refractivity contribution is -0.119. The highest BCUT2D eigenvalue weighted by molar-refractivity contribution is 6.31. The maximum atomic E-state index is 12.6. The molecule has 0 bridgehead atoms. The van der Waals surface area contributed by atoms with Gasteiger partial charge in [0.25, 0.3) is 0 Å². The standard InChI is InChI=1S/C28H29ClN4O2/c1-4-16-32(2)18-25(34)33(3)22-13-11-21(12-14-22)30-27(19-8-6-5-7-9-19)26-23-15-10-20(29)17-24(23)31-28(26)35/h5-15,17,31,35H,4,16,18H2,1-3H3. The van der Waals surface area contributed by atoms with Gasteiger partial charge in [0, 0.05) is 28.7 Å². The summed E-state index contributed by atoms with van der Waals surface area (Å²) >= 11 is 6.15. The normalized spacial score (nSPS) is 11.9. The van der Waals surface area contributed by atoms with Crippen LogP contribution in [-0.2, 0) is 4.79 Å². The fourth-order valence-corrected chi connectivity index (χ4v) is 4.25. The summed E-state index contributed by atoms with van der Waals surface area (Å²) in [6.07, 6.45) is 1.00. The molecule has 0 aliphatic carbocycles. The van der Waals surface area contributed by atoms with Gasteiger partial charge in [-0.15, -0.1) is 0 Å². The van der Waals surface area contributed by atoms with Gasteiger partial charge in [0.2, 0.25) is 5.91 Å². The topological polar surface area (TPSA) is 71.9 Å². The molecular weight excluding hydrogens is 460 g/mol. The van der Waals surface area contributed by atoms with Crippen LogP contribution in [0.15, 0.2) is 77.8 Å². The van der Waals surface area contributed by atoms with Crippen LogP contribution >= 0.6 is 11.6 Å². The molecule has 0 unspecified atom stereocenters. The Kier molecular flexibility index (Phi) is 7.54. The number of halogens is 1. The number of amides is 1. The van der Waals surface area contributed by atoms with E-state index in [4.69, 9.17) is 16.6 Å². The van der Waals surface area contributed by atoms with Crippen LogP contribution in [0.25, 0.3) is 10.9 Å². The molecule has 0 saturated heterocycles. The molecule has 7 heteroatoms. The lowest BCUT2D eigenvalue weighted by Gasteiger charge is -2.21. The van der Waals surface area contributed by atoms with Crippen molar-refractivity contribution in [2.45, 2.75) is 13.3 Å². The second kappa shape index (κ2) is 10.8. The average molecular weight is 489 g/mol. The number of benzene rings is 3. The van der Waals surface area contributed by atoms with Crippen LogP contribution in [0.3, 0.4) is 0 Å². The zero-order valence-electron chi connectivity index (χ0n) is 20.1. The van der Waals surface area contributed by atoms with Gasteiger partial charge < -0.3 is 15.0 Å². The second-order valence-corrected chi connectivity index (χ2v) is 9.01. The van der Waals surface area contributed by atoms with E-state index in [0.29, 0.717) is 28.5 Å². The van der Waals surface area contributed by atoms with Crippen LogP contribution in [0.4, 0.5) is 11.4 Å². The molecule has 35 heavy (non-hydrogen) atoms. The number of nitrogens with one attached hydrogen (secondary N) is 1. The third kappa shape index (κ3) is 5.56. The van der Waals surface area contributed by atoms with Crippen molar-refractivity contribution in [1.29, 1.82) is 0 Å². The Balaban J connectivity index is 1.69. The Morgan fingerprint density at radius 1 is 1.03 bits per heavy atom. The summed E-state index contributed by atoms with van der Waals surface area (Å²) in [6, 6.07) is 22.7. The van der Waals surface area contributed by atoms with Gasteiger partial charge in [-0.25, -0.2) is 4.99 Å². The molecule has 0 radical (unpaired) electrons. The van der Waals surface area contributed by atoms with E-state index in [1.54, 1.807) is 24.1 Å². The summed E-state index contributed by atoms with van der Waals surface area (Å²) < 4.78 is 0. The first kappa shape index (κ1) is 24.5. The third-order valence-electron chi connectivity index (χ3n) is 5.89. The number of nitrogens with zero attached hydrogens (tertiary/aromatic N) is 3. The largest absolute Gasteiger partial charge is 0.494 e. The molecule has 0 aliphatic heterocycles. The summed E-state index contributed by atoms with van der Waals surface area (Å²) in [5, 5.41) is 12.2. The highest BCUT2D eigenvalue weighted by Gasteiger charge is 2.19. The second-order valence-electron chi connectivity index (χ2n) is 8.57. The van der Waals surface area contributed by atoms with Gasteiger partial charge >= 0.3 is 0 Å². The van der Waals surface area contributed by atoms with Gasteiger partial charge in [-0.2, -0.15) is 0 Å². The molecule has 0 aliphatic rings. The van der Waals surface area contributed by atoms with E-state index in [-0.39, 0.29) is 11.8 Å². The van der Waals surface area contributed by atoms with Crippen molar-refractivity contribution in [3.63, 3.8) is 0 Å². The molecule has 4 rings (SSSR count). The Hall–Kier alpha value is -3.61. The van der Waals surface area contributed by atoms with Gasteiger partial charge in [-0.1, -0.05) is 54.9 Å². The zero-order valence-corrected chi connectivity index (χ0v) is 20.9.